The Bertz CT molecular complexity index is 875. The van der Waals surface area contributed by atoms with Gasteiger partial charge in [-0.2, -0.15) is 5.10 Å². The van der Waals surface area contributed by atoms with E-state index in [0.29, 0.717) is 6.54 Å². The lowest BCUT2D eigenvalue weighted by molar-refractivity contribution is 0.237. The van der Waals surface area contributed by atoms with E-state index in [-0.39, 0.29) is 12.1 Å². The highest BCUT2D eigenvalue weighted by molar-refractivity contribution is 5.74. The number of rotatable bonds is 8. The SMILES string of the molecule is CC[C@H](NC(=O)NCCc1cnn(-c2ccccc2)c1)c1ccc(OC)cc1. The molecule has 0 aliphatic rings. The van der Waals surface area contributed by atoms with Crippen molar-refractivity contribution in [3.05, 3.63) is 78.1 Å². The molecule has 0 bridgehead atoms. The van der Waals surface area contributed by atoms with Crippen LogP contribution in [-0.2, 0) is 6.42 Å². The highest BCUT2D eigenvalue weighted by atomic mass is 16.5. The fourth-order valence-corrected chi connectivity index (χ4v) is 3.00. The molecule has 2 N–H and O–H groups in total. The molecule has 28 heavy (non-hydrogen) atoms. The average molecular weight is 378 g/mol. The number of aromatic nitrogens is 2. The standard InChI is InChI=1S/C22H26N4O2/c1-3-21(18-9-11-20(28-2)12-10-18)25-22(27)23-14-13-17-15-24-26(16-17)19-7-5-4-6-8-19/h4-12,15-16,21H,3,13-14H2,1-2H3,(H2,23,25,27)/t21-/m0/s1. The first-order valence-electron chi connectivity index (χ1n) is 9.47. The molecule has 2 amide bonds. The molecule has 1 atom stereocenters. The number of hydrogen-bond donors (Lipinski definition) is 2. The largest absolute Gasteiger partial charge is 0.497 e. The van der Waals surface area contributed by atoms with E-state index in [2.05, 4.69) is 15.7 Å². The minimum absolute atomic E-state index is 0.0354. The zero-order chi connectivity index (χ0) is 19.8. The molecular weight excluding hydrogens is 352 g/mol. The van der Waals surface area contributed by atoms with Crippen LogP contribution in [0.3, 0.4) is 0 Å². The second-order valence-electron chi connectivity index (χ2n) is 6.51. The molecule has 0 unspecified atom stereocenters. The molecule has 0 fully saturated rings. The van der Waals surface area contributed by atoms with E-state index in [9.17, 15) is 4.79 Å². The van der Waals surface area contributed by atoms with Crippen molar-refractivity contribution in [3.8, 4) is 11.4 Å². The van der Waals surface area contributed by atoms with Gasteiger partial charge in [0.1, 0.15) is 5.75 Å². The van der Waals surface area contributed by atoms with Gasteiger partial charge in [-0.25, -0.2) is 9.48 Å². The van der Waals surface area contributed by atoms with E-state index < -0.39 is 0 Å². The average Bonchev–Trinajstić information content (AvgIpc) is 3.22. The van der Waals surface area contributed by atoms with E-state index in [1.54, 1.807) is 7.11 Å². The molecule has 0 radical (unpaired) electrons. The fourth-order valence-electron chi connectivity index (χ4n) is 3.00. The topological polar surface area (TPSA) is 68.2 Å². The highest BCUT2D eigenvalue weighted by Gasteiger charge is 2.12. The molecule has 0 aliphatic carbocycles. The van der Waals surface area contributed by atoms with Crippen molar-refractivity contribution >= 4 is 6.03 Å². The highest BCUT2D eigenvalue weighted by Crippen LogP contribution is 2.19. The number of methoxy groups -OCH3 is 1. The Morgan fingerprint density at radius 2 is 1.89 bits per heavy atom. The Morgan fingerprint density at radius 1 is 1.14 bits per heavy atom. The van der Waals surface area contributed by atoms with Gasteiger partial charge in [0.25, 0.3) is 0 Å². The van der Waals surface area contributed by atoms with Crippen molar-refractivity contribution in [1.29, 1.82) is 0 Å². The monoisotopic (exact) mass is 378 g/mol. The van der Waals surface area contributed by atoms with Crippen molar-refractivity contribution in [3.63, 3.8) is 0 Å². The van der Waals surface area contributed by atoms with Crippen molar-refractivity contribution in [2.75, 3.05) is 13.7 Å². The van der Waals surface area contributed by atoms with Gasteiger partial charge in [0.05, 0.1) is 25.0 Å². The zero-order valence-corrected chi connectivity index (χ0v) is 16.3. The summed E-state index contributed by atoms with van der Waals surface area (Å²) in [5.41, 5.74) is 3.15. The van der Waals surface area contributed by atoms with Crippen molar-refractivity contribution < 1.29 is 9.53 Å². The van der Waals surface area contributed by atoms with Gasteiger partial charge < -0.3 is 15.4 Å². The van der Waals surface area contributed by atoms with Crippen LogP contribution in [0.2, 0.25) is 0 Å². The normalized spacial score (nSPS) is 11.6. The third kappa shape index (κ3) is 5.13. The summed E-state index contributed by atoms with van der Waals surface area (Å²) < 4.78 is 7.02. The number of para-hydroxylation sites is 1. The molecule has 3 rings (SSSR count). The number of ether oxygens (including phenoxy) is 1. The molecular formula is C22H26N4O2. The second-order valence-corrected chi connectivity index (χ2v) is 6.51. The van der Waals surface area contributed by atoms with Crippen molar-refractivity contribution in [1.82, 2.24) is 20.4 Å². The maximum absolute atomic E-state index is 12.3. The van der Waals surface area contributed by atoms with Gasteiger partial charge in [-0.3, -0.25) is 0 Å². The quantitative estimate of drug-likeness (QED) is 0.625. The van der Waals surface area contributed by atoms with Gasteiger partial charge in [-0.15, -0.1) is 0 Å². The molecule has 1 heterocycles. The Balaban J connectivity index is 1.48. The maximum atomic E-state index is 12.3. The van der Waals surface area contributed by atoms with Crippen LogP contribution in [0, 0.1) is 0 Å². The molecule has 0 saturated carbocycles. The van der Waals surface area contributed by atoms with E-state index in [4.69, 9.17) is 4.74 Å². The Morgan fingerprint density at radius 3 is 2.57 bits per heavy atom. The lowest BCUT2D eigenvalue weighted by Crippen LogP contribution is -2.38. The number of urea groups is 1. The summed E-state index contributed by atoms with van der Waals surface area (Å²) in [5, 5.41) is 10.3. The first-order valence-corrected chi connectivity index (χ1v) is 9.47. The van der Waals surface area contributed by atoms with Crippen LogP contribution >= 0.6 is 0 Å². The number of benzene rings is 2. The Kier molecular flexibility index (Phi) is 6.68. The lowest BCUT2D eigenvalue weighted by Gasteiger charge is -2.18. The number of nitrogens with one attached hydrogen (secondary N) is 2. The molecule has 0 saturated heterocycles. The van der Waals surface area contributed by atoms with Crippen LogP contribution < -0.4 is 15.4 Å². The van der Waals surface area contributed by atoms with Crippen LogP contribution in [0.25, 0.3) is 5.69 Å². The minimum Gasteiger partial charge on any atom is -0.497 e. The Hall–Kier alpha value is -3.28. The first-order chi connectivity index (χ1) is 13.7. The van der Waals surface area contributed by atoms with Gasteiger partial charge >= 0.3 is 6.03 Å². The summed E-state index contributed by atoms with van der Waals surface area (Å²) >= 11 is 0. The molecule has 146 valence electrons. The molecule has 6 nitrogen and oxygen atoms in total. The van der Waals surface area contributed by atoms with Crippen LogP contribution in [0.15, 0.2) is 67.0 Å². The summed E-state index contributed by atoms with van der Waals surface area (Å²) in [6.45, 7) is 2.60. The van der Waals surface area contributed by atoms with Crippen LogP contribution in [-0.4, -0.2) is 29.5 Å². The minimum atomic E-state index is -0.168. The molecule has 6 heteroatoms. The van der Waals surface area contributed by atoms with E-state index in [1.807, 2.05) is 78.6 Å². The molecule has 0 aliphatic heterocycles. The smallest absolute Gasteiger partial charge is 0.315 e. The molecule has 0 spiro atoms. The number of hydrogen-bond acceptors (Lipinski definition) is 3. The van der Waals surface area contributed by atoms with Gasteiger partial charge in [-0.1, -0.05) is 37.3 Å². The molecule has 1 aromatic heterocycles. The number of nitrogens with zero attached hydrogens (tertiary/aromatic N) is 2. The van der Waals surface area contributed by atoms with Crippen LogP contribution in [0.1, 0.15) is 30.5 Å². The summed E-state index contributed by atoms with van der Waals surface area (Å²) in [4.78, 5) is 12.3. The van der Waals surface area contributed by atoms with Gasteiger partial charge in [0, 0.05) is 12.7 Å². The van der Waals surface area contributed by atoms with Gasteiger partial charge in [-0.05, 0) is 48.2 Å². The summed E-state index contributed by atoms with van der Waals surface area (Å²) in [6, 6.07) is 17.5. The third-order valence-electron chi connectivity index (χ3n) is 4.59. The summed E-state index contributed by atoms with van der Waals surface area (Å²) in [5.74, 6) is 0.805. The number of amides is 2. The number of carbonyl (C=O) groups excluding carboxylic acids is 1. The summed E-state index contributed by atoms with van der Waals surface area (Å²) in [6.07, 6.45) is 5.35. The van der Waals surface area contributed by atoms with E-state index in [0.717, 1.165) is 35.4 Å². The predicted molar refractivity (Wildman–Crippen MR) is 110 cm³/mol. The van der Waals surface area contributed by atoms with E-state index >= 15 is 0 Å². The van der Waals surface area contributed by atoms with Crippen LogP contribution in [0.5, 0.6) is 5.75 Å². The van der Waals surface area contributed by atoms with Gasteiger partial charge in [0.2, 0.25) is 0 Å². The predicted octanol–water partition coefficient (Wildman–Crippen LogP) is 3.87. The molecule has 2 aromatic carbocycles. The molecule has 3 aromatic rings. The van der Waals surface area contributed by atoms with Crippen LogP contribution in [0.4, 0.5) is 4.79 Å². The first kappa shape index (κ1) is 19.5. The fraction of sp³-hybridized carbons (Fsp3) is 0.273. The lowest BCUT2D eigenvalue weighted by atomic mass is 10.0. The Labute approximate surface area is 165 Å². The van der Waals surface area contributed by atoms with E-state index in [1.165, 1.54) is 0 Å². The van der Waals surface area contributed by atoms with Gasteiger partial charge in [0.15, 0.2) is 0 Å². The maximum Gasteiger partial charge on any atom is 0.315 e. The van der Waals surface area contributed by atoms with Crippen molar-refractivity contribution in [2.24, 2.45) is 0 Å². The van der Waals surface area contributed by atoms with Crippen molar-refractivity contribution in [2.45, 2.75) is 25.8 Å². The number of carbonyl (C=O) groups is 1. The second kappa shape index (κ2) is 9.60. The summed E-state index contributed by atoms with van der Waals surface area (Å²) in [7, 11) is 1.64. The third-order valence-corrected chi connectivity index (χ3v) is 4.59. The zero-order valence-electron chi connectivity index (χ0n) is 16.3.